The molecule has 0 heterocycles. The Morgan fingerprint density at radius 3 is 1.82 bits per heavy atom. The fourth-order valence-corrected chi connectivity index (χ4v) is 2.73. The van der Waals surface area contributed by atoms with Crippen LogP contribution >= 0.6 is 0 Å². The Labute approximate surface area is 105 Å². The molecule has 2 nitrogen and oxygen atoms in total. The van der Waals surface area contributed by atoms with Crippen molar-refractivity contribution >= 4 is 9.00 Å². The van der Waals surface area contributed by atoms with E-state index >= 15 is 0 Å². The minimum atomic E-state index is -1.48. The molecule has 0 bridgehead atoms. The van der Waals surface area contributed by atoms with Crippen molar-refractivity contribution in [3.8, 4) is 5.75 Å². The van der Waals surface area contributed by atoms with Crippen LogP contribution in [-0.4, -0.2) is 7.11 Å². The van der Waals surface area contributed by atoms with Gasteiger partial charge in [-0.25, -0.2) is 0 Å². The van der Waals surface area contributed by atoms with E-state index in [0.717, 1.165) is 14.7 Å². The topological polar surface area (TPSA) is 26.3 Å². The van der Waals surface area contributed by atoms with Gasteiger partial charge in [0.1, 0.15) is 0 Å². The van der Waals surface area contributed by atoms with E-state index < -0.39 is 13.6 Å². The van der Waals surface area contributed by atoms with E-state index in [0.29, 0.717) is 0 Å². The van der Waals surface area contributed by atoms with Crippen molar-refractivity contribution < 1.29 is 22.2 Å². The van der Waals surface area contributed by atoms with Gasteiger partial charge in [0, 0.05) is 0 Å². The number of aryl methyl sites for hydroxylation is 1. The predicted octanol–water partition coefficient (Wildman–Crippen LogP) is 1.92. The van der Waals surface area contributed by atoms with Crippen LogP contribution in [0.25, 0.3) is 0 Å². The molecule has 0 saturated heterocycles. The van der Waals surface area contributed by atoms with E-state index in [1.807, 2.05) is 55.5 Å². The summed E-state index contributed by atoms with van der Waals surface area (Å²) in [5.41, 5.74) is 1.17. The average molecular weight is 273 g/mol. The zero-order valence-electron chi connectivity index (χ0n) is 9.77. The average Bonchev–Trinajstić information content (AvgIpc) is 2.39. The molecule has 0 aliphatic heterocycles. The third-order valence-corrected chi connectivity index (χ3v) is 4.17. The van der Waals surface area contributed by atoms with Gasteiger partial charge in [-0.15, -0.1) is 0 Å². The standard InChI is InChI=1S/C7H7O.C7H7.Co.O/c1-8-7-5-3-2-4-6-7;1-7-5-3-2-4-6-7;;/h3-6H,1H3;3-6H,1H3;;. The second kappa shape index (κ2) is 5.25. The number of rotatable bonds is 3. The van der Waals surface area contributed by atoms with Crippen molar-refractivity contribution in [1.82, 2.24) is 0 Å². The molecule has 0 unspecified atom stereocenters. The molecule has 0 spiro atoms. The second-order valence-corrected chi connectivity index (χ2v) is 5.51. The van der Waals surface area contributed by atoms with Gasteiger partial charge < -0.3 is 0 Å². The first kappa shape index (κ1) is 12.0. The summed E-state index contributed by atoms with van der Waals surface area (Å²) in [6, 6.07) is 15.1. The van der Waals surface area contributed by atoms with Crippen LogP contribution in [0.3, 0.4) is 0 Å². The Balaban J connectivity index is 2.27. The van der Waals surface area contributed by atoms with Crippen LogP contribution in [0.2, 0.25) is 0 Å². The second-order valence-electron chi connectivity index (χ2n) is 3.62. The van der Waals surface area contributed by atoms with Gasteiger partial charge in [0.25, 0.3) is 0 Å². The summed E-state index contributed by atoms with van der Waals surface area (Å²) in [5, 5.41) is 0. The number of ether oxygens (including phenoxy) is 1. The van der Waals surface area contributed by atoms with Crippen molar-refractivity contribution in [1.29, 1.82) is 0 Å². The number of hydrogen-bond acceptors (Lipinski definition) is 2. The van der Waals surface area contributed by atoms with Crippen molar-refractivity contribution in [2.24, 2.45) is 0 Å². The fraction of sp³-hybridized carbons (Fsp3) is 0.143. The molecule has 0 N–H and O–H groups in total. The summed E-state index contributed by atoms with van der Waals surface area (Å²) in [5.74, 6) is 0.778. The molecule has 0 aliphatic carbocycles. The van der Waals surface area contributed by atoms with E-state index in [9.17, 15) is 3.87 Å². The molecular formula is C14H14CoO2. The van der Waals surface area contributed by atoms with Gasteiger partial charge in [-0.3, -0.25) is 0 Å². The van der Waals surface area contributed by atoms with Crippen molar-refractivity contribution in [3.63, 3.8) is 0 Å². The molecule has 0 atom stereocenters. The summed E-state index contributed by atoms with van der Waals surface area (Å²) in [7, 11) is 1.62. The van der Waals surface area contributed by atoms with Gasteiger partial charge in [0.2, 0.25) is 0 Å². The van der Waals surface area contributed by atoms with Gasteiger partial charge in [0.05, 0.1) is 0 Å². The van der Waals surface area contributed by atoms with Crippen LogP contribution in [0.1, 0.15) is 5.56 Å². The Kier molecular flexibility index (Phi) is 3.71. The first-order chi connectivity index (χ1) is 8.20. The fourth-order valence-electron chi connectivity index (χ4n) is 1.40. The first-order valence-corrected chi connectivity index (χ1v) is 6.69. The third kappa shape index (κ3) is 2.81. The monoisotopic (exact) mass is 273 g/mol. The maximum absolute atomic E-state index is 12.3. The summed E-state index contributed by atoms with van der Waals surface area (Å²) in [4.78, 5) is 0. The molecule has 0 radical (unpaired) electrons. The molecule has 3 heteroatoms. The molecule has 0 aliphatic rings. The maximum atomic E-state index is 12.3. The summed E-state index contributed by atoms with van der Waals surface area (Å²) >= 11 is -1.48. The van der Waals surface area contributed by atoms with Gasteiger partial charge in [-0.05, 0) is 0 Å². The Morgan fingerprint density at radius 2 is 1.35 bits per heavy atom. The summed E-state index contributed by atoms with van der Waals surface area (Å²) in [6.45, 7) is 2.02. The predicted molar refractivity (Wildman–Crippen MR) is 64.1 cm³/mol. The quantitative estimate of drug-likeness (QED) is 0.854. The Morgan fingerprint density at radius 1 is 0.882 bits per heavy atom. The Bertz CT molecular complexity index is 515. The van der Waals surface area contributed by atoms with E-state index in [1.165, 1.54) is 5.56 Å². The van der Waals surface area contributed by atoms with E-state index in [2.05, 4.69) is 0 Å². The van der Waals surface area contributed by atoms with Crippen LogP contribution in [0.15, 0.2) is 48.5 Å². The molecular weight excluding hydrogens is 259 g/mol. The zero-order valence-corrected chi connectivity index (χ0v) is 10.8. The SMILES string of the molecule is COc1cc[c]([Co](=[O])[c]2ccc(C)cc2)cc1. The first-order valence-electron chi connectivity index (χ1n) is 5.22. The molecule has 0 aromatic heterocycles. The van der Waals surface area contributed by atoms with Gasteiger partial charge in [-0.2, -0.15) is 0 Å². The molecule has 2 aromatic carbocycles. The van der Waals surface area contributed by atoms with Crippen LogP contribution < -0.4 is 13.7 Å². The van der Waals surface area contributed by atoms with E-state index in [1.54, 1.807) is 7.11 Å². The van der Waals surface area contributed by atoms with Crippen LogP contribution in [-0.2, 0) is 17.5 Å². The van der Waals surface area contributed by atoms with Crippen LogP contribution in [0.5, 0.6) is 5.75 Å². The van der Waals surface area contributed by atoms with Crippen molar-refractivity contribution in [3.05, 3.63) is 54.1 Å². The molecule has 0 fully saturated rings. The number of benzene rings is 2. The molecule has 0 saturated carbocycles. The molecule has 91 valence electrons. The summed E-state index contributed by atoms with van der Waals surface area (Å²) in [6.07, 6.45) is 0. The van der Waals surface area contributed by atoms with Crippen molar-refractivity contribution in [2.45, 2.75) is 6.92 Å². The normalized spacial score (nSPS) is 11.1. The zero-order chi connectivity index (χ0) is 12.3. The number of methoxy groups -OCH3 is 1. The Hall–Kier alpha value is -1.45. The molecule has 2 rings (SSSR count). The molecule has 2 aromatic rings. The van der Waals surface area contributed by atoms with Gasteiger partial charge >= 0.3 is 105 Å². The molecule has 0 amide bonds. The van der Waals surface area contributed by atoms with Gasteiger partial charge in [-0.1, -0.05) is 0 Å². The van der Waals surface area contributed by atoms with Crippen LogP contribution in [0, 0.1) is 6.92 Å². The van der Waals surface area contributed by atoms with Gasteiger partial charge in [0.15, 0.2) is 0 Å². The third-order valence-electron chi connectivity index (χ3n) is 2.38. The van der Waals surface area contributed by atoms with Crippen LogP contribution in [0.4, 0.5) is 0 Å². The molecule has 17 heavy (non-hydrogen) atoms. The minimum absolute atomic E-state index is 0.778. The van der Waals surface area contributed by atoms with E-state index in [-0.39, 0.29) is 0 Å². The number of hydrogen-bond donors (Lipinski definition) is 0. The van der Waals surface area contributed by atoms with E-state index in [4.69, 9.17) is 4.74 Å². The van der Waals surface area contributed by atoms with Crippen molar-refractivity contribution in [2.75, 3.05) is 7.11 Å². The summed E-state index contributed by atoms with van der Waals surface area (Å²) < 4.78 is 19.0.